The first kappa shape index (κ1) is 21.8. The van der Waals surface area contributed by atoms with Crippen molar-refractivity contribution in [2.24, 2.45) is 5.10 Å². The lowest BCUT2D eigenvalue weighted by atomic mass is 10.2. The summed E-state index contributed by atoms with van der Waals surface area (Å²) in [5.41, 5.74) is 4.22. The molecule has 1 heterocycles. The Morgan fingerprint density at radius 2 is 1.94 bits per heavy atom. The molecule has 4 aromatic rings. The van der Waals surface area contributed by atoms with Crippen molar-refractivity contribution < 1.29 is 23.1 Å². The second kappa shape index (κ2) is 9.82. The van der Waals surface area contributed by atoms with Crippen LogP contribution in [0.5, 0.6) is 11.5 Å². The van der Waals surface area contributed by atoms with E-state index in [0.717, 1.165) is 8.96 Å². The Hall–Kier alpha value is -3.40. The number of benzene rings is 3. The molecule has 0 fully saturated rings. The van der Waals surface area contributed by atoms with Crippen LogP contribution in [0.25, 0.3) is 11.0 Å². The van der Waals surface area contributed by atoms with Crippen LogP contribution in [-0.2, 0) is 6.61 Å². The largest absolute Gasteiger partial charge is 0.493 e. The van der Waals surface area contributed by atoms with E-state index in [2.05, 4.69) is 33.1 Å². The third-order valence-electron chi connectivity index (χ3n) is 4.61. The first-order chi connectivity index (χ1) is 15.5. The molecule has 162 valence electrons. The summed E-state index contributed by atoms with van der Waals surface area (Å²) in [7, 11) is 1.52. The number of hydrogen-bond acceptors (Lipinski definition) is 5. The highest BCUT2D eigenvalue weighted by Gasteiger charge is 2.14. The minimum Gasteiger partial charge on any atom is -0.493 e. The van der Waals surface area contributed by atoms with E-state index in [1.165, 1.54) is 19.4 Å². The van der Waals surface area contributed by atoms with Gasteiger partial charge in [-0.3, -0.25) is 4.79 Å². The monoisotopic (exact) mass is 544 g/mol. The Labute approximate surface area is 197 Å². The quantitative estimate of drug-likeness (QED) is 0.189. The highest BCUT2D eigenvalue weighted by atomic mass is 127. The number of nitrogens with one attached hydrogen (secondary N) is 1. The van der Waals surface area contributed by atoms with Crippen molar-refractivity contribution in [3.05, 3.63) is 93.0 Å². The molecule has 0 saturated carbocycles. The number of carbonyl (C=O) groups excluding carboxylic acids is 1. The minimum absolute atomic E-state index is 0.0695. The fourth-order valence-electron chi connectivity index (χ4n) is 3.03. The van der Waals surface area contributed by atoms with Crippen molar-refractivity contribution in [1.29, 1.82) is 0 Å². The summed E-state index contributed by atoms with van der Waals surface area (Å²) >= 11 is 2.11. The number of methoxy groups -OCH3 is 1. The second-order valence-corrected chi connectivity index (χ2v) is 7.92. The lowest BCUT2D eigenvalue weighted by Crippen LogP contribution is -2.16. The van der Waals surface area contributed by atoms with Gasteiger partial charge in [0.05, 0.1) is 16.9 Å². The van der Waals surface area contributed by atoms with E-state index in [4.69, 9.17) is 13.9 Å². The van der Waals surface area contributed by atoms with Crippen LogP contribution in [-0.4, -0.2) is 19.2 Å². The average Bonchev–Trinajstić information content (AvgIpc) is 3.23. The smallest absolute Gasteiger partial charge is 0.307 e. The average molecular weight is 544 g/mol. The van der Waals surface area contributed by atoms with Gasteiger partial charge in [0.1, 0.15) is 18.0 Å². The molecule has 0 spiro atoms. The van der Waals surface area contributed by atoms with E-state index < -0.39 is 5.91 Å². The summed E-state index contributed by atoms with van der Waals surface area (Å²) in [4.78, 5) is 12.3. The van der Waals surface area contributed by atoms with Gasteiger partial charge in [-0.15, -0.1) is 0 Å². The van der Waals surface area contributed by atoms with E-state index in [9.17, 15) is 9.18 Å². The summed E-state index contributed by atoms with van der Waals surface area (Å²) in [6, 6.07) is 19.0. The first-order valence-corrected chi connectivity index (χ1v) is 10.7. The fourth-order valence-corrected chi connectivity index (χ4v) is 3.82. The number of amides is 1. The Balaban J connectivity index is 1.45. The summed E-state index contributed by atoms with van der Waals surface area (Å²) in [6.45, 7) is 0.0695. The molecule has 1 N–H and O–H groups in total. The summed E-state index contributed by atoms with van der Waals surface area (Å²) in [6.07, 6.45) is 1.49. The van der Waals surface area contributed by atoms with Crippen LogP contribution in [0.4, 0.5) is 4.39 Å². The van der Waals surface area contributed by atoms with E-state index >= 15 is 0 Å². The summed E-state index contributed by atoms with van der Waals surface area (Å²) in [5, 5.41) is 4.85. The van der Waals surface area contributed by atoms with Gasteiger partial charge >= 0.3 is 5.91 Å². The lowest BCUT2D eigenvalue weighted by molar-refractivity contribution is 0.0929. The predicted molar refractivity (Wildman–Crippen MR) is 128 cm³/mol. The van der Waals surface area contributed by atoms with Gasteiger partial charge in [-0.05, 0) is 58.5 Å². The van der Waals surface area contributed by atoms with Crippen LogP contribution >= 0.6 is 22.6 Å². The molecule has 0 radical (unpaired) electrons. The topological polar surface area (TPSA) is 73.1 Å². The number of halogens is 2. The van der Waals surface area contributed by atoms with Crippen LogP contribution < -0.4 is 14.9 Å². The third kappa shape index (κ3) is 4.91. The Morgan fingerprint density at radius 1 is 1.16 bits per heavy atom. The molecule has 0 aliphatic rings. The SMILES string of the molecule is COc1cc(/C=N/NC(=O)c2cc3ccccc3o2)cc(I)c1OCc1ccccc1F. The maximum atomic E-state index is 13.9. The number of nitrogens with zero attached hydrogens (tertiary/aromatic N) is 1. The van der Waals surface area contributed by atoms with Crippen LogP contribution in [0.2, 0.25) is 0 Å². The van der Waals surface area contributed by atoms with Crippen LogP contribution in [0.3, 0.4) is 0 Å². The maximum Gasteiger partial charge on any atom is 0.307 e. The van der Waals surface area contributed by atoms with Crippen molar-refractivity contribution in [2.75, 3.05) is 7.11 Å². The maximum absolute atomic E-state index is 13.9. The van der Waals surface area contributed by atoms with Gasteiger partial charge in [0.15, 0.2) is 17.3 Å². The number of rotatable bonds is 7. The first-order valence-electron chi connectivity index (χ1n) is 9.61. The van der Waals surface area contributed by atoms with Gasteiger partial charge in [-0.1, -0.05) is 36.4 Å². The molecule has 0 aliphatic carbocycles. The van der Waals surface area contributed by atoms with Crippen molar-refractivity contribution >= 4 is 45.7 Å². The number of fused-ring (bicyclic) bond motifs is 1. The van der Waals surface area contributed by atoms with Crippen molar-refractivity contribution in [1.82, 2.24) is 5.43 Å². The van der Waals surface area contributed by atoms with Gasteiger partial charge in [-0.25, -0.2) is 9.82 Å². The molecule has 0 unspecified atom stereocenters. The van der Waals surface area contributed by atoms with Gasteiger partial charge in [0.2, 0.25) is 0 Å². The van der Waals surface area contributed by atoms with Crippen molar-refractivity contribution in [3.8, 4) is 11.5 Å². The molecule has 3 aromatic carbocycles. The molecule has 6 nitrogen and oxygen atoms in total. The molecule has 8 heteroatoms. The number of hydrazone groups is 1. The molecule has 0 bridgehead atoms. The zero-order valence-electron chi connectivity index (χ0n) is 17.0. The van der Waals surface area contributed by atoms with Crippen LogP contribution in [0.15, 0.2) is 76.2 Å². The highest BCUT2D eigenvalue weighted by molar-refractivity contribution is 14.1. The van der Waals surface area contributed by atoms with Crippen molar-refractivity contribution in [3.63, 3.8) is 0 Å². The molecule has 0 aliphatic heterocycles. The lowest BCUT2D eigenvalue weighted by Gasteiger charge is -2.14. The molecule has 0 atom stereocenters. The van der Waals surface area contributed by atoms with E-state index in [0.29, 0.717) is 28.2 Å². The number of carbonyl (C=O) groups is 1. The molecular formula is C24H18FIN2O4. The van der Waals surface area contributed by atoms with Gasteiger partial charge in [0, 0.05) is 10.9 Å². The standard InChI is InChI=1S/C24H18FIN2O4/c1-30-21-11-15(10-19(26)23(21)31-14-17-7-2-4-8-18(17)25)13-27-28-24(29)22-12-16-6-3-5-9-20(16)32-22/h2-13H,14H2,1H3,(H,28,29)/b27-13+. The molecule has 32 heavy (non-hydrogen) atoms. The van der Waals surface area contributed by atoms with Gasteiger partial charge in [0.25, 0.3) is 0 Å². The Kier molecular flexibility index (Phi) is 6.69. The number of para-hydroxylation sites is 1. The van der Waals surface area contributed by atoms with Crippen LogP contribution in [0, 0.1) is 9.39 Å². The predicted octanol–water partition coefficient (Wildman–Crippen LogP) is 5.53. The normalized spacial score (nSPS) is 11.1. The van der Waals surface area contributed by atoms with Gasteiger partial charge in [-0.2, -0.15) is 5.10 Å². The fraction of sp³-hybridized carbons (Fsp3) is 0.0833. The zero-order chi connectivity index (χ0) is 22.5. The Bertz CT molecular complexity index is 1270. The number of hydrogen-bond donors (Lipinski definition) is 1. The van der Waals surface area contributed by atoms with Crippen LogP contribution in [0.1, 0.15) is 21.7 Å². The van der Waals surface area contributed by atoms with Crippen molar-refractivity contribution in [2.45, 2.75) is 6.61 Å². The van der Waals surface area contributed by atoms with Gasteiger partial charge < -0.3 is 13.9 Å². The molecule has 4 rings (SSSR count). The molecule has 0 saturated heterocycles. The van der Waals surface area contributed by atoms with E-state index in [-0.39, 0.29) is 18.2 Å². The highest BCUT2D eigenvalue weighted by Crippen LogP contribution is 2.34. The van der Waals surface area contributed by atoms with E-state index in [1.807, 2.05) is 24.3 Å². The summed E-state index contributed by atoms with van der Waals surface area (Å²) < 4.78 is 31.4. The molecule has 1 aromatic heterocycles. The summed E-state index contributed by atoms with van der Waals surface area (Å²) in [5.74, 6) is 0.361. The number of furan rings is 1. The second-order valence-electron chi connectivity index (χ2n) is 6.76. The Morgan fingerprint density at radius 3 is 2.72 bits per heavy atom. The van der Waals surface area contributed by atoms with E-state index in [1.54, 1.807) is 36.4 Å². The number of ether oxygens (including phenoxy) is 2. The zero-order valence-corrected chi connectivity index (χ0v) is 19.1. The third-order valence-corrected chi connectivity index (χ3v) is 5.41. The molecule has 1 amide bonds. The minimum atomic E-state index is -0.455. The molecular weight excluding hydrogens is 526 g/mol.